The van der Waals surface area contributed by atoms with Crippen LogP contribution in [0.4, 0.5) is 10.2 Å². The number of rotatable bonds is 2. The average Bonchev–Trinajstić information content (AvgIpc) is 2.58. The molecule has 0 aliphatic heterocycles. The highest BCUT2D eigenvalue weighted by Gasteiger charge is 2.17. The van der Waals surface area contributed by atoms with Crippen LogP contribution < -0.4 is 5.73 Å². The van der Waals surface area contributed by atoms with Crippen molar-refractivity contribution in [3.63, 3.8) is 0 Å². The quantitative estimate of drug-likeness (QED) is 0.925. The largest absolute Gasteiger partial charge is 0.384 e. The summed E-state index contributed by atoms with van der Waals surface area (Å²) in [6.45, 7) is 1.98. The fraction of sp³-hybridized carbons (Fsp3) is 0.250. The van der Waals surface area contributed by atoms with Crippen LogP contribution >= 0.6 is 15.9 Å². The Morgan fingerprint density at radius 3 is 2.82 bits per heavy atom. The first kappa shape index (κ1) is 12.1. The Hall–Kier alpha value is -1.36. The van der Waals surface area contributed by atoms with E-state index in [1.165, 1.54) is 6.07 Å². The lowest BCUT2D eigenvalue weighted by molar-refractivity contribution is 0.629. The van der Waals surface area contributed by atoms with Gasteiger partial charge in [-0.3, -0.25) is 4.68 Å². The fourth-order valence-corrected chi connectivity index (χ4v) is 2.19. The van der Waals surface area contributed by atoms with E-state index in [4.69, 9.17) is 5.73 Å². The third kappa shape index (κ3) is 2.07. The van der Waals surface area contributed by atoms with E-state index in [0.29, 0.717) is 17.1 Å². The molecule has 0 aliphatic rings. The van der Waals surface area contributed by atoms with Gasteiger partial charge in [0.15, 0.2) is 0 Å². The molecule has 2 N–H and O–H groups in total. The molecule has 3 nitrogen and oxygen atoms in total. The normalized spacial score (nSPS) is 10.8. The van der Waals surface area contributed by atoms with Crippen molar-refractivity contribution < 1.29 is 4.39 Å². The standard InChI is InChI=1S/C12H13BrFN3/c1-3-8-11(16-17(2)12(8)15)9-6-7(13)4-5-10(9)14/h4-6H,3,15H2,1-2H3. The summed E-state index contributed by atoms with van der Waals surface area (Å²) in [6.07, 6.45) is 0.723. The number of nitrogen functional groups attached to an aromatic ring is 1. The smallest absolute Gasteiger partial charge is 0.132 e. The van der Waals surface area contributed by atoms with E-state index in [1.54, 1.807) is 23.9 Å². The van der Waals surface area contributed by atoms with Crippen LogP contribution in [-0.2, 0) is 13.5 Å². The van der Waals surface area contributed by atoms with Crippen LogP contribution in [0.25, 0.3) is 11.3 Å². The summed E-state index contributed by atoms with van der Waals surface area (Å²) in [5.74, 6) is 0.294. The lowest BCUT2D eigenvalue weighted by Gasteiger charge is -2.03. The zero-order valence-electron chi connectivity index (χ0n) is 9.67. The third-order valence-corrected chi connectivity index (χ3v) is 3.22. The van der Waals surface area contributed by atoms with Gasteiger partial charge >= 0.3 is 0 Å². The van der Waals surface area contributed by atoms with Gasteiger partial charge in [-0.2, -0.15) is 5.10 Å². The molecule has 1 aromatic heterocycles. The molecular weight excluding hydrogens is 285 g/mol. The maximum Gasteiger partial charge on any atom is 0.132 e. The molecule has 0 fully saturated rings. The van der Waals surface area contributed by atoms with E-state index in [-0.39, 0.29) is 5.82 Å². The lowest BCUT2D eigenvalue weighted by Crippen LogP contribution is -1.98. The topological polar surface area (TPSA) is 43.8 Å². The molecule has 0 unspecified atom stereocenters. The summed E-state index contributed by atoms with van der Waals surface area (Å²) in [5.41, 5.74) is 7.88. The first-order valence-corrected chi connectivity index (χ1v) is 6.10. The van der Waals surface area contributed by atoms with E-state index >= 15 is 0 Å². The van der Waals surface area contributed by atoms with Gasteiger partial charge in [-0.05, 0) is 24.6 Å². The predicted octanol–water partition coefficient (Wildman–Crippen LogP) is 3.13. The molecule has 0 aliphatic carbocycles. The van der Waals surface area contributed by atoms with Gasteiger partial charge in [-0.1, -0.05) is 22.9 Å². The Morgan fingerprint density at radius 1 is 1.47 bits per heavy atom. The molecule has 0 radical (unpaired) electrons. The molecule has 0 amide bonds. The van der Waals surface area contributed by atoms with Crippen molar-refractivity contribution in [1.29, 1.82) is 0 Å². The number of aromatic nitrogens is 2. The number of nitrogens with zero attached hydrogens (tertiary/aromatic N) is 2. The van der Waals surface area contributed by atoms with E-state index in [9.17, 15) is 4.39 Å². The maximum atomic E-state index is 13.8. The van der Waals surface area contributed by atoms with Gasteiger partial charge in [0.2, 0.25) is 0 Å². The molecule has 2 rings (SSSR count). The highest BCUT2D eigenvalue weighted by atomic mass is 79.9. The van der Waals surface area contributed by atoms with Crippen LogP contribution in [0.3, 0.4) is 0 Å². The first-order chi connectivity index (χ1) is 8.04. The van der Waals surface area contributed by atoms with Crippen molar-refractivity contribution in [1.82, 2.24) is 9.78 Å². The minimum Gasteiger partial charge on any atom is -0.384 e. The van der Waals surface area contributed by atoms with Gasteiger partial charge in [-0.25, -0.2) is 4.39 Å². The lowest BCUT2D eigenvalue weighted by atomic mass is 10.1. The molecule has 1 heterocycles. The first-order valence-electron chi connectivity index (χ1n) is 5.31. The van der Waals surface area contributed by atoms with Crippen molar-refractivity contribution in [3.05, 3.63) is 34.1 Å². The SMILES string of the molecule is CCc1c(-c2cc(Br)ccc2F)nn(C)c1N. The summed E-state index contributed by atoms with van der Waals surface area (Å²) in [4.78, 5) is 0. The fourth-order valence-electron chi connectivity index (χ4n) is 1.82. The van der Waals surface area contributed by atoms with Crippen LogP contribution in [0.2, 0.25) is 0 Å². The van der Waals surface area contributed by atoms with Crippen molar-refractivity contribution >= 4 is 21.7 Å². The predicted molar refractivity (Wildman–Crippen MR) is 70.1 cm³/mol. The van der Waals surface area contributed by atoms with Crippen LogP contribution in [0.15, 0.2) is 22.7 Å². The van der Waals surface area contributed by atoms with Gasteiger partial charge in [-0.15, -0.1) is 0 Å². The number of benzene rings is 1. The highest BCUT2D eigenvalue weighted by Crippen LogP contribution is 2.30. The van der Waals surface area contributed by atoms with Gasteiger partial charge in [0, 0.05) is 22.6 Å². The number of anilines is 1. The number of aryl methyl sites for hydroxylation is 1. The monoisotopic (exact) mass is 297 g/mol. The number of hydrogen-bond donors (Lipinski definition) is 1. The molecule has 0 saturated heterocycles. The zero-order valence-corrected chi connectivity index (χ0v) is 11.3. The van der Waals surface area contributed by atoms with E-state index < -0.39 is 0 Å². The molecule has 0 saturated carbocycles. The number of halogens is 2. The minimum atomic E-state index is -0.291. The molecule has 0 bridgehead atoms. The summed E-state index contributed by atoms with van der Waals surface area (Å²) >= 11 is 3.33. The molecule has 5 heteroatoms. The molecule has 1 aromatic carbocycles. The van der Waals surface area contributed by atoms with Crippen LogP contribution in [-0.4, -0.2) is 9.78 Å². The van der Waals surface area contributed by atoms with Crippen LogP contribution in [0.1, 0.15) is 12.5 Å². The van der Waals surface area contributed by atoms with E-state index in [0.717, 1.165) is 16.5 Å². The Bertz CT molecular complexity index is 563. The second-order valence-electron chi connectivity index (χ2n) is 3.81. The average molecular weight is 298 g/mol. The van der Waals surface area contributed by atoms with Crippen LogP contribution in [0.5, 0.6) is 0 Å². The van der Waals surface area contributed by atoms with Crippen molar-refractivity contribution in [2.45, 2.75) is 13.3 Å². The van der Waals surface area contributed by atoms with Gasteiger partial charge < -0.3 is 5.73 Å². The van der Waals surface area contributed by atoms with E-state index in [2.05, 4.69) is 21.0 Å². The van der Waals surface area contributed by atoms with Crippen molar-refractivity contribution in [2.24, 2.45) is 7.05 Å². The van der Waals surface area contributed by atoms with Gasteiger partial charge in [0.05, 0.1) is 0 Å². The molecule has 0 atom stereocenters. The van der Waals surface area contributed by atoms with E-state index in [1.807, 2.05) is 6.92 Å². The van der Waals surface area contributed by atoms with Gasteiger partial charge in [0.1, 0.15) is 17.3 Å². The third-order valence-electron chi connectivity index (χ3n) is 2.73. The van der Waals surface area contributed by atoms with Crippen LogP contribution in [0, 0.1) is 5.82 Å². The minimum absolute atomic E-state index is 0.291. The summed E-state index contributed by atoms with van der Waals surface area (Å²) in [6, 6.07) is 4.80. The molecular formula is C12H13BrFN3. The second kappa shape index (κ2) is 4.49. The molecule has 2 aromatic rings. The van der Waals surface area contributed by atoms with Gasteiger partial charge in [0.25, 0.3) is 0 Å². The van der Waals surface area contributed by atoms with Crippen molar-refractivity contribution in [3.8, 4) is 11.3 Å². The Labute approximate surface area is 108 Å². The summed E-state index contributed by atoms with van der Waals surface area (Å²) < 4.78 is 16.2. The zero-order chi connectivity index (χ0) is 12.6. The Kier molecular flexibility index (Phi) is 3.19. The Morgan fingerprint density at radius 2 is 2.18 bits per heavy atom. The number of hydrogen-bond acceptors (Lipinski definition) is 2. The molecule has 17 heavy (non-hydrogen) atoms. The molecule has 0 spiro atoms. The maximum absolute atomic E-state index is 13.8. The van der Waals surface area contributed by atoms with Crippen molar-refractivity contribution in [2.75, 3.05) is 5.73 Å². The summed E-state index contributed by atoms with van der Waals surface area (Å²) in [7, 11) is 1.76. The second-order valence-corrected chi connectivity index (χ2v) is 4.73. The molecule has 90 valence electrons. The Balaban J connectivity index is 2.68. The highest BCUT2D eigenvalue weighted by molar-refractivity contribution is 9.10. The number of nitrogens with two attached hydrogens (primary N) is 1. The summed E-state index contributed by atoms with van der Waals surface area (Å²) in [5, 5.41) is 4.28.